The molecule has 1 N–H and O–H groups in total. The van der Waals surface area contributed by atoms with Gasteiger partial charge in [-0.1, -0.05) is 24.3 Å². The maximum absolute atomic E-state index is 11.2. The Hall–Kier alpha value is -1.97. The summed E-state index contributed by atoms with van der Waals surface area (Å²) in [6, 6.07) is 5.67. The van der Waals surface area contributed by atoms with Crippen molar-refractivity contribution in [3.8, 4) is 5.75 Å². The molecule has 84 valence electrons. The summed E-state index contributed by atoms with van der Waals surface area (Å²) in [4.78, 5) is 13.3. The first-order valence-electron chi connectivity index (χ1n) is 5.12. The number of carbonyl (C=O) groups is 1. The van der Waals surface area contributed by atoms with Crippen LogP contribution >= 0.6 is 0 Å². The van der Waals surface area contributed by atoms with Gasteiger partial charge in [-0.3, -0.25) is 0 Å². The number of hydrogen-bond acceptors (Lipinski definition) is 3. The Balaban J connectivity index is 2.39. The van der Waals surface area contributed by atoms with Crippen LogP contribution in [0.25, 0.3) is 6.08 Å². The van der Waals surface area contributed by atoms with Gasteiger partial charge in [-0.15, -0.1) is 0 Å². The van der Waals surface area contributed by atoms with Crippen molar-refractivity contribution in [1.29, 1.82) is 0 Å². The fourth-order valence-corrected chi connectivity index (χ4v) is 1.74. The lowest BCUT2D eigenvalue weighted by atomic mass is 10.1. The Bertz CT molecular complexity index is 441. The summed E-state index contributed by atoms with van der Waals surface area (Å²) < 4.78 is 5.21. The fourth-order valence-electron chi connectivity index (χ4n) is 1.74. The van der Waals surface area contributed by atoms with Crippen molar-refractivity contribution < 1.29 is 9.53 Å². The third-order valence-corrected chi connectivity index (χ3v) is 2.50. The summed E-state index contributed by atoms with van der Waals surface area (Å²) in [5.41, 5.74) is 2.02. The van der Waals surface area contributed by atoms with Crippen LogP contribution in [0, 0.1) is 0 Å². The topological polar surface area (TPSA) is 41.6 Å². The van der Waals surface area contributed by atoms with E-state index >= 15 is 0 Å². The Morgan fingerprint density at radius 1 is 1.50 bits per heavy atom. The Kier molecular flexibility index (Phi) is 2.81. The van der Waals surface area contributed by atoms with E-state index in [1.807, 2.05) is 30.2 Å². The van der Waals surface area contributed by atoms with Gasteiger partial charge in [0.2, 0.25) is 0 Å². The van der Waals surface area contributed by atoms with Crippen LogP contribution in [0.5, 0.6) is 5.75 Å². The van der Waals surface area contributed by atoms with E-state index in [1.165, 1.54) is 0 Å². The molecular formula is C12H14N2O2. The molecule has 0 aliphatic carbocycles. The van der Waals surface area contributed by atoms with Crippen LogP contribution in [0.15, 0.2) is 24.3 Å². The standard InChI is InChI=1S/C12H14N2O2/c1-13-12(15)16-10-7-3-5-9-6-4-8-14(2)11(9)10/h3-7H,8H2,1-2H3,(H,13,15). The number of benzene rings is 1. The summed E-state index contributed by atoms with van der Waals surface area (Å²) in [5.74, 6) is 0.587. The van der Waals surface area contributed by atoms with Gasteiger partial charge in [-0.2, -0.15) is 0 Å². The number of fused-ring (bicyclic) bond motifs is 1. The van der Waals surface area contributed by atoms with E-state index in [-0.39, 0.29) is 0 Å². The summed E-state index contributed by atoms with van der Waals surface area (Å²) in [6.07, 6.45) is 3.66. The molecule has 0 aromatic heterocycles. The van der Waals surface area contributed by atoms with Crippen LogP contribution in [0.4, 0.5) is 10.5 Å². The number of likely N-dealkylation sites (N-methyl/N-ethyl adjacent to an activating group) is 1. The second kappa shape index (κ2) is 4.26. The lowest BCUT2D eigenvalue weighted by Gasteiger charge is -2.25. The predicted molar refractivity (Wildman–Crippen MR) is 63.8 cm³/mol. The zero-order valence-corrected chi connectivity index (χ0v) is 9.36. The molecule has 0 saturated carbocycles. The van der Waals surface area contributed by atoms with Gasteiger partial charge in [-0.25, -0.2) is 4.79 Å². The summed E-state index contributed by atoms with van der Waals surface area (Å²) in [5, 5.41) is 2.44. The van der Waals surface area contributed by atoms with Crippen molar-refractivity contribution in [3.63, 3.8) is 0 Å². The first-order valence-corrected chi connectivity index (χ1v) is 5.12. The van der Waals surface area contributed by atoms with Crippen molar-refractivity contribution in [3.05, 3.63) is 29.8 Å². The molecule has 0 saturated heterocycles. The van der Waals surface area contributed by atoms with Gasteiger partial charge in [0.1, 0.15) is 0 Å². The van der Waals surface area contributed by atoms with E-state index in [1.54, 1.807) is 13.1 Å². The zero-order chi connectivity index (χ0) is 11.5. The Morgan fingerprint density at radius 2 is 2.31 bits per heavy atom. The quantitative estimate of drug-likeness (QED) is 0.782. The summed E-state index contributed by atoms with van der Waals surface area (Å²) in [7, 11) is 3.51. The third-order valence-electron chi connectivity index (χ3n) is 2.50. The maximum Gasteiger partial charge on any atom is 0.412 e. The minimum Gasteiger partial charge on any atom is -0.408 e. The number of para-hydroxylation sites is 1. The molecule has 0 atom stereocenters. The smallest absolute Gasteiger partial charge is 0.408 e. The van der Waals surface area contributed by atoms with E-state index in [9.17, 15) is 4.79 Å². The maximum atomic E-state index is 11.2. The van der Waals surface area contributed by atoms with E-state index in [0.29, 0.717) is 5.75 Å². The van der Waals surface area contributed by atoms with Gasteiger partial charge in [0.05, 0.1) is 5.69 Å². The first kappa shape index (κ1) is 10.5. The number of carbonyl (C=O) groups excluding carboxylic acids is 1. The molecular weight excluding hydrogens is 204 g/mol. The van der Waals surface area contributed by atoms with E-state index in [2.05, 4.69) is 11.4 Å². The number of nitrogens with zero attached hydrogens (tertiary/aromatic N) is 1. The molecule has 0 fully saturated rings. The molecule has 4 nitrogen and oxygen atoms in total. The largest absolute Gasteiger partial charge is 0.412 e. The van der Waals surface area contributed by atoms with E-state index < -0.39 is 6.09 Å². The second-order valence-electron chi connectivity index (χ2n) is 3.62. The number of hydrogen-bond donors (Lipinski definition) is 1. The highest BCUT2D eigenvalue weighted by molar-refractivity contribution is 5.80. The Labute approximate surface area is 94.5 Å². The Morgan fingerprint density at radius 3 is 3.06 bits per heavy atom. The van der Waals surface area contributed by atoms with Gasteiger partial charge in [0.15, 0.2) is 5.75 Å². The van der Waals surface area contributed by atoms with E-state index in [4.69, 9.17) is 4.74 Å². The normalized spacial score (nSPS) is 13.2. The molecule has 4 heteroatoms. The molecule has 0 unspecified atom stereocenters. The third kappa shape index (κ3) is 1.86. The van der Waals surface area contributed by atoms with Gasteiger partial charge in [0, 0.05) is 26.2 Å². The van der Waals surface area contributed by atoms with Gasteiger partial charge in [-0.05, 0) is 6.07 Å². The molecule has 1 heterocycles. The zero-order valence-electron chi connectivity index (χ0n) is 9.36. The number of nitrogens with one attached hydrogen (secondary N) is 1. The van der Waals surface area contributed by atoms with Gasteiger partial charge >= 0.3 is 6.09 Å². The highest BCUT2D eigenvalue weighted by Gasteiger charge is 2.16. The van der Waals surface area contributed by atoms with Crippen molar-refractivity contribution in [2.24, 2.45) is 0 Å². The first-order chi connectivity index (χ1) is 7.72. The van der Waals surface area contributed by atoms with Crippen molar-refractivity contribution in [2.45, 2.75) is 0 Å². The molecule has 1 aromatic rings. The van der Waals surface area contributed by atoms with Crippen LogP contribution in [-0.2, 0) is 0 Å². The predicted octanol–water partition coefficient (Wildman–Crippen LogP) is 1.87. The highest BCUT2D eigenvalue weighted by atomic mass is 16.6. The van der Waals surface area contributed by atoms with Crippen LogP contribution in [0.1, 0.15) is 5.56 Å². The molecule has 2 rings (SSSR count). The van der Waals surface area contributed by atoms with E-state index in [0.717, 1.165) is 17.8 Å². The molecule has 0 bridgehead atoms. The van der Waals surface area contributed by atoms with Crippen molar-refractivity contribution >= 4 is 17.9 Å². The molecule has 0 radical (unpaired) electrons. The van der Waals surface area contributed by atoms with Crippen LogP contribution in [-0.4, -0.2) is 26.7 Å². The van der Waals surface area contributed by atoms with Gasteiger partial charge < -0.3 is 15.0 Å². The molecule has 1 aromatic carbocycles. The van der Waals surface area contributed by atoms with Crippen LogP contribution in [0.3, 0.4) is 0 Å². The SMILES string of the molecule is CNC(=O)Oc1cccc2c1N(C)CC=C2. The van der Waals surface area contributed by atoms with Crippen LogP contribution in [0.2, 0.25) is 0 Å². The minimum atomic E-state index is -0.448. The number of rotatable bonds is 1. The molecule has 0 spiro atoms. The van der Waals surface area contributed by atoms with Gasteiger partial charge in [0.25, 0.3) is 0 Å². The van der Waals surface area contributed by atoms with Crippen LogP contribution < -0.4 is 15.0 Å². The lowest BCUT2D eigenvalue weighted by molar-refractivity contribution is 0.203. The average Bonchev–Trinajstić information content (AvgIpc) is 2.29. The summed E-state index contributed by atoms with van der Waals surface area (Å²) >= 11 is 0. The average molecular weight is 218 g/mol. The van der Waals surface area contributed by atoms with Crippen molar-refractivity contribution in [2.75, 3.05) is 25.5 Å². The molecule has 1 aliphatic heterocycles. The number of ether oxygens (including phenoxy) is 1. The number of amides is 1. The molecule has 16 heavy (non-hydrogen) atoms. The molecule has 1 aliphatic rings. The summed E-state index contributed by atoms with van der Waals surface area (Å²) in [6.45, 7) is 0.821. The fraction of sp³-hybridized carbons (Fsp3) is 0.250. The lowest BCUT2D eigenvalue weighted by Crippen LogP contribution is -2.25. The number of anilines is 1. The second-order valence-corrected chi connectivity index (χ2v) is 3.62. The highest BCUT2D eigenvalue weighted by Crippen LogP contribution is 2.34. The molecule has 1 amide bonds. The monoisotopic (exact) mass is 218 g/mol. The minimum absolute atomic E-state index is 0.448. The van der Waals surface area contributed by atoms with Crippen molar-refractivity contribution in [1.82, 2.24) is 5.32 Å².